The molecule has 0 atom stereocenters. The van der Waals surface area contributed by atoms with Gasteiger partial charge < -0.3 is 0 Å². The van der Waals surface area contributed by atoms with Crippen LogP contribution in [0.3, 0.4) is 0 Å². The topological polar surface area (TPSA) is 34.1 Å². The monoisotopic (exact) mass is 430 g/mol. The van der Waals surface area contributed by atoms with Crippen LogP contribution in [0.4, 0.5) is 0 Å². The fourth-order valence-corrected chi connectivity index (χ4v) is 6.94. The molecule has 0 fully saturated rings. The van der Waals surface area contributed by atoms with Gasteiger partial charge in [0.15, 0.2) is 9.84 Å². The van der Waals surface area contributed by atoms with Crippen molar-refractivity contribution < 1.29 is 8.42 Å². The summed E-state index contributed by atoms with van der Waals surface area (Å²) in [5, 5.41) is -0.169. The van der Waals surface area contributed by atoms with Crippen molar-refractivity contribution in [3.63, 3.8) is 0 Å². The molecule has 0 N–H and O–H groups in total. The quantitative estimate of drug-likeness (QED) is 0.160. The molecule has 0 saturated heterocycles. The molecule has 0 aliphatic rings. The highest BCUT2D eigenvalue weighted by molar-refractivity contribution is 7.92. The average Bonchev–Trinajstić information content (AvgIpc) is 2.71. The molecule has 0 amide bonds. The van der Waals surface area contributed by atoms with Crippen LogP contribution >= 0.6 is 0 Å². The predicted molar refractivity (Wildman–Crippen MR) is 132 cm³/mol. The molecule has 0 spiro atoms. The molecule has 29 heavy (non-hydrogen) atoms. The second-order valence-corrected chi connectivity index (χ2v) is 11.7. The summed E-state index contributed by atoms with van der Waals surface area (Å²) in [6.07, 6.45) is 22.5. The minimum Gasteiger partial charge on any atom is -0.228 e. The van der Waals surface area contributed by atoms with Crippen molar-refractivity contribution in [2.75, 3.05) is 0 Å². The van der Waals surface area contributed by atoms with Crippen LogP contribution in [0, 0.1) is 0 Å². The maximum atomic E-state index is 13.7. The minimum absolute atomic E-state index is 0.0847. The summed E-state index contributed by atoms with van der Waals surface area (Å²) < 4.78 is 27.4. The molecule has 0 bridgehead atoms. The van der Waals surface area contributed by atoms with Gasteiger partial charge in [0.1, 0.15) is 0 Å². The van der Waals surface area contributed by atoms with Gasteiger partial charge in [-0.25, -0.2) is 8.42 Å². The van der Waals surface area contributed by atoms with Crippen LogP contribution in [0.5, 0.6) is 0 Å². The van der Waals surface area contributed by atoms with Crippen molar-refractivity contribution in [2.45, 2.75) is 167 Å². The number of hydrogen-bond acceptors (Lipinski definition) is 2. The van der Waals surface area contributed by atoms with E-state index < -0.39 is 9.84 Å². The Kier molecular flexibility index (Phi) is 19.9. The van der Waals surface area contributed by atoms with E-state index in [0.29, 0.717) is 0 Å². The van der Waals surface area contributed by atoms with Gasteiger partial charge in [0.25, 0.3) is 0 Å². The number of hydrogen-bond donors (Lipinski definition) is 0. The zero-order valence-electron chi connectivity index (χ0n) is 20.5. The van der Waals surface area contributed by atoms with Gasteiger partial charge in [0.2, 0.25) is 0 Å². The van der Waals surface area contributed by atoms with Crippen molar-refractivity contribution >= 4 is 9.84 Å². The highest BCUT2D eigenvalue weighted by Crippen LogP contribution is 2.28. The van der Waals surface area contributed by atoms with Crippen molar-refractivity contribution in [2.24, 2.45) is 0 Å². The molecule has 0 radical (unpaired) electrons. The van der Waals surface area contributed by atoms with Crippen molar-refractivity contribution in [3.8, 4) is 0 Å². The zero-order valence-corrected chi connectivity index (χ0v) is 21.3. The standard InChI is InChI=1S/C26H54O2S/c1-5-9-13-17-21-25(22-18-14-10-6-2)29(27,28)26(23-19-15-11-7-3)24-20-16-12-8-4/h25-26H,5-24H2,1-4H3. The second-order valence-electron chi connectivity index (χ2n) is 9.23. The lowest BCUT2D eigenvalue weighted by Crippen LogP contribution is -2.32. The van der Waals surface area contributed by atoms with E-state index in [0.717, 1.165) is 51.4 Å². The van der Waals surface area contributed by atoms with E-state index in [2.05, 4.69) is 27.7 Å². The minimum atomic E-state index is -3.01. The maximum absolute atomic E-state index is 13.7. The van der Waals surface area contributed by atoms with Gasteiger partial charge in [0.05, 0.1) is 10.5 Å². The molecule has 2 nitrogen and oxygen atoms in total. The molecular formula is C26H54O2S. The molecule has 3 heteroatoms. The van der Waals surface area contributed by atoms with Crippen LogP contribution in [-0.2, 0) is 9.84 Å². The molecule has 0 saturated carbocycles. The molecular weight excluding hydrogens is 376 g/mol. The second kappa shape index (κ2) is 19.9. The Labute approximate surface area is 184 Å². The van der Waals surface area contributed by atoms with E-state index in [-0.39, 0.29) is 10.5 Å². The van der Waals surface area contributed by atoms with Gasteiger partial charge in [-0.3, -0.25) is 0 Å². The Hall–Kier alpha value is -0.0500. The summed E-state index contributed by atoms with van der Waals surface area (Å²) in [4.78, 5) is 0. The summed E-state index contributed by atoms with van der Waals surface area (Å²) in [6.45, 7) is 8.90. The molecule has 0 aromatic carbocycles. The van der Waals surface area contributed by atoms with Crippen molar-refractivity contribution in [1.29, 1.82) is 0 Å². The first-order valence-electron chi connectivity index (χ1n) is 13.3. The van der Waals surface area contributed by atoms with Crippen LogP contribution < -0.4 is 0 Å². The van der Waals surface area contributed by atoms with E-state index >= 15 is 0 Å². The number of rotatable bonds is 22. The highest BCUT2D eigenvalue weighted by atomic mass is 32.2. The summed E-state index contributed by atoms with van der Waals surface area (Å²) in [5.41, 5.74) is 0. The molecule has 0 aromatic rings. The summed E-state index contributed by atoms with van der Waals surface area (Å²) in [5.74, 6) is 0. The lowest BCUT2D eigenvalue weighted by molar-refractivity contribution is 0.489. The fourth-order valence-electron chi connectivity index (χ4n) is 4.41. The third kappa shape index (κ3) is 14.6. The molecule has 176 valence electrons. The van der Waals surface area contributed by atoms with Crippen LogP contribution in [0.2, 0.25) is 0 Å². The van der Waals surface area contributed by atoms with Crippen molar-refractivity contribution in [3.05, 3.63) is 0 Å². The normalized spacial score (nSPS) is 12.3. The van der Waals surface area contributed by atoms with Gasteiger partial charge >= 0.3 is 0 Å². The smallest absolute Gasteiger partial charge is 0.156 e. The molecule has 0 aliphatic carbocycles. The first kappa shape index (κ1) is 28.9. The molecule has 0 aromatic heterocycles. The Bertz CT molecular complexity index is 372. The fraction of sp³-hybridized carbons (Fsp3) is 1.00. The summed E-state index contributed by atoms with van der Waals surface area (Å²) >= 11 is 0. The number of unbranched alkanes of at least 4 members (excludes halogenated alkanes) is 12. The lowest BCUT2D eigenvalue weighted by atomic mass is 10.0. The van der Waals surface area contributed by atoms with E-state index in [1.165, 1.54) is 77.0 Å². The molecule has 0 rings (SSSR count). The number of sulfone groups is 1. The van der Waals surface area contributed by atoms with Crippen LogP contribution in [0.15, 0.2) is 0 Å². The first-order valence-corrected chi connectivity index (χ1v) is 14.9. The average molecular weight is 431 g/mol. The van der Waals surface area contributed by atoms with E-state index in [9.17, 15) is 8.42 Å². The highest BCUT2D eigenvalue weighted by Gasteiger charge is 2.32. The summed E-state index contributed by atoms with van der Waals surface area (Å²) in [7, 11) is -3.01. The van der Waals surface area contributed by atoms with Crippen LogP contribution in [-0.4, -0.2) is 18.9 Å². The van der Waals surface area contributed by atoms with Gasteiger partial charge in [0, 0.05) is 0 Å². The van der Waals surface area contributed by atoms with Gasteiger partial charge in [-0.1, -0.05) is 130 Å². The zero-order chi connectivity index (χ0) is 21.8. The summed E-state index contributed by atoms with van der Waals surface area (Å²) in [6, 6.07) is 0. The Balaban J connectivity index is 5.03. The van der Waals surface area contributed by atoms with Gasteiger partial charge in [-0.2, -0.15) is 0 Å². The Morgan fingerprint density at radius 3 is 0.862 bits per heavy atom. The predicted octanol–water partition coefficient (Wildman–Crippen LogP) is 9.02. The third-order valence-corrected chi connectivity index (χ3v) is 9.25. The lowest BCUT2D eigenvalue weighted by Gasteiger charge is -2.25. The first-order chi connectivity index (χ1) is 14.0. The molecule has 0 heterocycles. The van der Waals surface area contributed by atoms with Gasteiger partial charge in [-0.15, -0.1) is 0 Å². The molecule has 0 aliphatic heterocycles. The van der Waals surface area contributed by atoms with E-state index in [1.807, 2.05) is 0 Å². The van der Waals surface area contributed by atoms with Crippen LogP contribution in [0.25, 0.3) is 0 Å². The largest absolute Gasteiger partial charge is 0.228 e. The van der Waals surface area contributed by atoms with Crippen molar-refractivity contribution in [1.82, 2.24) is 0 Å². The molecule has 0 unspecified atom stereocenters. The third-order valence-electron chi connectivity index (χ3n) is 6.45. The van der Waals surface area contributed by atoms with E-state index in [1.54, 1.807) is 0 Å². The van der Waals surface area contributed by atoms with E-state index in [4.69, 9.17) is 0 Å². The Morgan fingerprint density at radius 1 is 0.414 bits per heavy atom. The van der Waals surface area contributed by atoms with Gasteiger partial charge in [-0.05, 0) is 25.7 Å². The van der Waals surface area contributed by atoms with Crippen LogP contribution in [0.1, 0.15) is 156 Å². The SMILES string of the molecule is CCCCCCC(CCCCCC)S(=O)(=O)C(CCCCCC)CCCCCC. The Morgan fingerprint density at radius 2 is 0.655 bits per heavy atom. The maximum Gasteiger partial charge on any atom is 0.156 e.